The van der Waals surface area contributed by atoms with Crippen LogP contribution in [0.4, 0.5) is 17.6 Å². The lowest BCUT2D eigenvalue weighted by atomic mass is 10.1. The molecule has 0 spiro atoms. The van der Waals surface area contributed by atoms with Crippen molar-refractivity contribution in [3.05, 3.63) is 65.5 Å². The van der Waals surface area contributed by atoms with Gasteiger partial charge in [-0.05, 0) is 55.3 Å². The highest BCUT2D eigenvalue weighted by Crippen LogP contribution is 2.29. The minimum atomic E-state index is -4.48. The van der Waals surface area contributed by atoms with Crippen molar-refractivity contribution in [1.82, 2.24) is 5.32 Å². The highest BCUT2D eigenvalue weighted by molar-refractivity contribution is 5.94. The third-order valence-corrected chi connectivity index (χ3v) is 3.39. The van der Waals surface area contributed by atoms with Crippen LogP contribution >= 0.6 is 0 Å². The van der Waals surface area contributed by atoms with Crippen LogP contribution in [0.5, 0.6) is 5.75 Å². The summed E-state index contributed by atoms with van der Waals surface area (Å²) in [6, 6.07) is 9.91. The maximum Gasteiger partial charge on any atom is 0.416 e. The summed E-state index contributed by atoms with van der Waals surface area (Å²) in [5.74, 6) is -0.343. The monoisotopic (exact) mass is 355 g/mol. The number of hydrogen-bond donors (Lipinski definition) is 1. The fraction of sp³-hybridized carbons (Fsp3) is 0.278. The zero-order valence-electron chi connectivity index (χ0n) is 13.3. The highest BCUT2D eigenvalue weighted by Gasteiger charge is 2.30. The normalized spacial score (nSPS) is 11.2. The number of rotatable bonds is 7. The SMILES string of the molecule is O=C(NCCCCOc1ccc(F)cc1)c1cccc(C(F)(F)F)c1. The molecule has 0 atom stereocenters. The molecule has 0 fully saturated rings. The van der Waals surface area contributed by atoms with E-state index in [9.17, 15) is 22.4 Å². The van der Waals surface area contributed by atoms with Gasteiger partial charge in [0.05, 0.1) is 12.2 Å². The maximum absolute atomic E-state index is 12.7. The standard InChI is InChI=1S/C18H17F4NO2/c19-15-6-8-16(9-7-15)25-11-2-1-10-23-17(24)13-4-3-5-14(12-13)18(20,21)22/h3-9,12H,1-2,10-11H2,(H,23,24). The molecule has 134 valence electrons. The van der Waals surface area contributed by atoms with Gasteiger partial charge in [0, 0.05) is 12.1 Å². The summed E-state index contributed by atoms with van der Waals surface area (Å²) in [5, 5.41) is 2.57. The Morgan fingerprint density at radius 1 is 1.04 bits per heavy atom. The second kappa shape index (κ2) is 8.50. The van der Waals surface area contributed by atoms with Crippen LogP contribution < -0.4 is 10.1 Å². The topological polar surface area (TPSA) is 38.3 Å². The lowest BCUT2D eigenvalue weighted by Crippen LogP contribution is -2.25. The van der Waals surface area contributed by atoms with Gasteiger partial charge in [-0.1, -0.05) is 6.07 Å². The van der Waals surface area contributed by atoms with Crippen LogP contribution in [0.1, 0.15) is 28.8 Å². The molecule has 1 N–H and O–H groups in total. The van der Waals surface area contributed by atoms with Crippen molar-refractivity contribution in [2.75, 3.05) is 13.2 Å². The number of amides is 1. The lowest BCUT2D eigenvalue weighted by molar-refractivity contribution is -0.137. The van der Waals surface area contributed by atoms with Crippen LogP contribution in [0, 0.1) is 5.82 Å². The van der Waals surface area contributed by atoms with Crippen molar-refractivity contribution in [2.24, 2.45) is 0 Å². The van der Waals surface area contributed by atoms with Gasteiger partial charge in [0.15, 0.2) is 0 Å². The zero-order valence-corrected chi connectivity index (χ0v) is 13.3. The molecule has 0 aromatic heterocycles. The first-order chi connectivity index (χ1) is 11.9. The van der Waals surface area contributed by atoms with E-state index in [-0.39, 0.29) is 11.4 Å². The second-order valence-corrected chi connectivity index (χ2v) is 5.34. The predicted molar refractivity (Wildman–Crippen MR) is 84.9 cm³/mol. The number of carbonyl (C=O) groups is 1. The molecule has 0 aliphatic carbocycles. The quantitative estimate of drug-likeness (QED) is 0.589. The molecule has 1 amide bonds. The van der Waals surface area contributed by atoms with Crippen molar-refractivity contribution >= 4 is 5.91 Å². The summed E-state index contributed by atoms with van der Waals surface area (Å²) >= 11 is 0. The summed E-state index contributed by atoms with van der Waals surface area (Å²) < 4.78 is 56.0. The molecule has 0 aliphatic heterocycles. The minimum Gasteiger partial charge on any atom is -0.494 e. The number of benzene rings is 2. The van der Waals surface area contributed by atoms with E-state index in [0.29, 0.717) is 31.7 Å². The van der Waals surface area contributed by atoms with Gasteiger partial charge in [-0.25, -0.2) is 4.39 Å². The first-order valence-electron chi connectivity index (χ1n) is 7.70. The number of nitrogens with one attached hydrogen (secondary N) is 1. The summed E-state index contributed by atoms with van der Waals surface area (Å²) in [5.41, 5.74) is -0.884. The largest absolute Gasteiger partial charge is 0.494 e. The molecule has 0 radical (unpaired) electrons. The molecule has 0 aliphatic rings. The van der Waals surface area contributed by atoms with Crippen LogP contribution in [0.25, 0.3) is 0 Å². The van der Waals surface area contributed by atoms with E-state index in [1.807, 2.05) is 0 Å². The van der Waals surface area contributed by atoms with Gasteiger partial charge < -0.3 is 10.1 Å². The van der Waals surface area contributed by atoms with E-state index in [1.165, 1.54) is 36.4 Å². The zero-order chi connectivity index (χ0) is 18.3. The highest BCUT2D eigenvalue weighted by atomic mass is 19.4. The molecule has 2 rings (SSSR count). The number of alkyl halides is 3. The van der Waals surface area contributed by atoms with E-state index in [0.717, 1.165) is 12.1 Å². The summed E-state index contributed by atoms with van der Waals surface area (Å²) in [6.07, 6.45) is -3.24. The lowest BCUT2D eigenvalue weighted by Gasteiger charge is -2.09. The van der Waals surface area contributed by atoms with Crippen molar-refractivity contribution < 1.29 is 27.1 Å². The Kier molecular flexibility index (Phi) is 6.38. The third-order valence-electron chi connectivity index (χ3n) is 3.39. The first-order valence-corrected chi connectivity index (χ1v) is 7.70. The summed E-state index contributed by atoms with van der Waals surface area (Å²) in [7, 11) is 0. The van der Waals surface area contributed by atoms with Crippen LogP contribution in [0.2, 0.25) is 0 Å². The molecule has 0 unspecified atom stereocenters. The van der Waals surface area contributed by atoms with Crippen molar-refractivity contribution in [3.8, 4) is 5.75 Å². The molecular formula is C18H17F4NO2. The number of hydrogen-bond acceptors (Lipinski definition) is 2. The third kappa shape index (κ3) is 6.10. The molecule has 2 aromatic carbocycles. The molecule has 0 bridgehead atoms. The smallest absolute Gasteiger partial charge is 0.416 e. The number of halogens is 4. The van der Waals surface area contributed by atoms with E-state index < -0.39 is 17.6 Å². The van der Waals surface area contributed by atoms with E-state index in [2.05, 4.69) is 5.32 Å². The molecule has 3 nitrogen and oxygen atoms in total. The molecule has 0 saturated carbocycles. The van der Waals surface area contributed by atoms with Gasteiger partial charge in [0.1, 0.15) is 11.6 Å². The van der Waals surface area contributed by atoms with Crippen molar-refractivity contribution in [1.29, 1.82) is 0 Å². The molecule has 7 heteroatoms. The Hall–Kier alpha value is -2.57. The average Bonchev–Trinajstić information content (AvgIpc) is 2.58. The van der Waals surface area contributed by atoms with Crippen LogP contribution in [-0.2, 0) is 6.18 Å². The van der Waals surface area contributed by atoms with Gasteiger partial charge in [-0.3, -0.25) is 4.79 Å². The molecular weight excluding hydrogens is 338 g/mol. The van der Waals surface area contributed by atoms with Crippen molar-refractivity contribution in [3.63, 3.8) is 0 Å². The average molecular weight is 355 g/mol. The number of ether oxygens (including phenoxy) is 1. The van der Waals surface area contributed by atoms with Gasteiger partial charge in [-0.2, -0.15) is 13.2 Å². The van der Waals surface area contributed by atoms with E-state index >= 15 is 0 Å². The molecule has 0 heterocycles. The predicted octanol–water partition coefficient (Wildman–Crippen LogP) is 4.43. The molecule has 25 heavy (non-hydrogen) atoms. The maximum atomic E-state index is 12.7. The Bertz CT molecular complexity index is 699. The minimum absolute atomic E-state index is 0.0302. The summed E-state index contributed by atoms with van der Waals surface area (Å²) in [6.45, 7) is 0.715. The Labute approximate surface area is 142 Å². The molecule has 2 aromatic rings. The van der Waals surface area contributed by atoms with Gasteiger partial charge in [-0.15, -0.1) is 0 Å². The second-order valence-electron chi connectivity index (χ2n) is 5.34. The first kappa shape index (κ1) is 18.8. The van der Waals surface area contributed by atoms with Gasteiger partial charge in [0.2, 0.25) is 0 Å². The van der Waals surface area contributed by atoms with Crippen molar-refractivity contribution in [2.45, 2.75) is 19.0 Å². The molecule has 0 saturated heterocycles. The Morgan fingerprint density at radius 3 is 2.44 bits per heavy atom. The van der Waals surface area contributed by atoms with Crippen LogP contribution in [0.15, 0.2) is 48.5 Å². The Morgan fingerprint density at radius 2 is 1.76 bits per heavy atom. The summed E-state index contributed by atoms with van der Waals surface area (Å²) in [4.78, 5) is 11.9. The van der Waals surface area contributed by atoms with E-state index in [4.69, 9.17) is 4.74 Å². The fourth-order valence-corrected chi connectivity index (χ4v) is 2.09. The Balaban J connectivity index is 1.69. The number of carbonyl (C=O) groups excluding carboxylic acids is 1. The van der Waals surface area contributed by atoms with Gasteiger partial charge >= 0.3 is 6.18 Å². The fourth-order valence-electron chi connectivity index (χ4n) is 2.09. The van der Waals surface area contributed by atoms with Crippen LogP contribution in [-0.4, -0.2) is 19.1 Å². The van der Waals surface area contributed by atoms with E-state index in [1.54, 1.807) is 0 Å². The number of unbranched alkanes of at least 4 members (excludes halogenated alkanes) is 1. The van der Waals surface area contributed by atoms with Gasteiger partial charge in [0.25, 0.3) is 5.91 Å². The van der Waals surface area contributed by atoms with Crippen LogP contribution in [0.3, 0.4) is 0 Å².